The molecule has 8 nitrogen and oxygen atoms in total. The number of carbonyl (C=O) groups excluding carboxylic acids is 2. The van der Waals surface area contributed by atoms with E-state index in [1.54, 1.807) is 6.20 Å². The Hall–Kier alpha value is -3.50. The highest BCUT2D eigenvalue weighted by Gasteiger charge is 2.54. The molecule has 2 aromatic carbocycles. The maximum atomic E-state index is 12.9. The van der Waals surface area contributed by atoms with Crippen LogP contribution in [0.15, 0.2) is 87.1 Å². The summed E-state index contributed by atoms with van der Waals surface area (Å²) in [5.41, 5.74) is 1.59. The lowest BCUT2D eigenvalue weighted by Crippen LogP contribution is -2.70. The molecule has 2 aliphatic rings. The molecule has 5 rings (SSSR count). The third kappa shape index (κ3) is 4.22. The van der Waals surface area contributed by atoms with Gasteiger partial charge in [-0.3, -0.25) is 14.5 Å². The lowest BCUT2D eigenvalue weighted by molar-refractivity contribution is -0.150. The Balaban J connectivity index is 1.35. The first-order valence-corrected chi connectivity index (χ1v) is 12.3. The molecular formula is C24H19N3O5S2. The van der Waals surface area contributed by atoms with Crippen molar-refractivity contribution in [2.24, 2.45) is 0 Å². The first kappa shape index (κ1) is 22.3. The van der Waals surface area contributed by atoms with Crippen LogP contribution in [-0.2, 0) is 20.8 Å². The number of aliphatic carboxylic acids is 1. The molecule has 0 radical (unpaired) electrons. The Morgan fingerprint density at radius 1 is 1.18 bits per heavy atom. The van der Waals surface area contributed by atoms with Crippen LogP contribution >= 0.6 is 23.5 Å². The van der Waals surface area contributed by atoms with Gasteiger partial charge in [-0.05, 0) is 11.6 Å². The van der Waals surface area contributed by atoms with E-state index in [9.17, 15) is 19.5 Å². The van der Waals surface area contributed by atoms with Gasteiger partial charge in [-0.15, -0.1) is 11.8 Å². The van der Waals surface area contributed by atoms with Crippen molar-refractivity contribution in [2.75, 3.05) is 5.75 Å². The van der Waals surface area contributed by atoms with Crippen LogP contribution < -0.4 is 5.32 Å². The molecule has 1 fully saturated rings. The van der Waals surface area contributed by atoms with Gasteiger partial charge in [0.15, 0.2) is 12.2 Å². The number of benzene rings is 2. The Morgan fingerprint density at radius 3 is 2.68 bits per heavy atom. The number of rotatable bonds is 7. The van der Waals surface area contributed by atoms with E-state index in [-0.39, 0.29) is 18.0 Å². The van der Waals surface area contributed by atoms with Gasteiger partial charge in [-0.2, -0.15) is 0 Å². The zero-order valence-electron chi connectivity index (χ0n) is 17.7. The molecule has 1 saturated heterocycles. The van der Waals surface area contributed by atoms with E-state index in [4.69, 9.17) is 4.42 Å². The molecular weight excluding hydrogens is 474 g/mol. The number of carbonyl (C=O) groups is 3. The molecule has 0 aliphatic carbocycles. The van der Waals surface area contributed by atoms with Crippen molar-refractivity contribution in [1.82, 2.24) is 15.2 Å². The van der Waals surface area contributed by atoms with E-state index in [0.717, 1.165) is 16.0 Å². The highest BCUT2D eigenvalue weighted by Crippen LogP contribution is 2.46. The largest absolute Gasteiger partial charge is 0.477 e. The summed E-state index contributed by atoms with van der Waals surface area (Å²) in [5.74, 6) is -0.892. The van der Waals surface area contributed by atoms with Crippen molar-refractivity contribution >= 4 is 41.3 Å². The van der Waals surface area contributed by atoms with Crippen molar-refractivity contribution in [3.05, 3.63) is 83.4 Å². The fourth-order valence-electron chi connectivity index (χ4n) is 3.92. The predicted molar refractivity (Wildman–Crippen MR) is 128 cm³/mol. The summed E-state index contributed by atoms with van der Waals surface area (Å²) in [6.45, 7) is 0. The normalized spacial score (nSPS) is 19.4. The summed E-state index contributed by atoms with van der Waals surface area (Å²) >= 11 is 2.73. The fourth-order valence-corrected chi connectivity index (χ4v) is 6.52. The van der Waals surface area contributed by atoms with Crippen molar-refractivity contribution in [2.45, 2.75) is 22.7 Å². The number of amides is 2. The molecule has 0 saturated carbocycles. The van der Waals surface area contributed by atoms with Crippen LogP contribution in [0, 0.1) is 0 Å². The maximum absolute atomic E-state index is 12.9. The molecule has 172 valence electrons. The van der Waals surface area contributed by atoms with Crippen LogP contribution in [0.1, 0.15) is 5.56 Å². The van der Waals surface area contributed by atoms with Crippen LogP contribution in [0.3, 0.4) is 0 Å². The monoisotopic (exact) mass is 493 g/mol. The number of hydrogen-bond donors (Lipinski definition) is 2. The molecule has 2 atom stereocenters. The quantitative estimate of drug-likeness (QED) is 0.482. The summed E-state index contributed by atoms with van der Waals surface area (Å²) in [6.07, 6.45) is 3.09. The second-order valence-corrected chi connectivity index (χ2v) is 9.90. The molecule has 3 aromatic rings. The minimum atomic E-state index is -1.17. The zero-order chi connectivity index (χ0) is 23.7. The van der Waals surface area contributed by atoms with Gasteiger partial charge in [0.2, 0.25) is 5.91 Å². The lowest BCUT2D eigenvalue weighted by atomic mass is 10.0. The Morgan fingerprint density at radius 2 is 1.94 bits per heavy atom. The highest BCUT2D eigenvalue weighted by atomic mass is 32.2. The summed E-state index contributed by atoms with van der Waals surface area (Å²) in [7, 11) is 0. The topological polar surface area (TPSA) is 113 Å². The van der Waals surface area contributed by atoms with Gasteiger partial charge >= 0.3 is 5.97 Å². The maximum Gasteiger partial charge on any atom is 0.353 e. The van der Waals surface area contributed by atoms with Gasteiger partial charge in [0.25, 0.3) is 5.91 Å². The molecule has 0 bridgehead atoms. The molecule has 2 amide bonds. The number of oxazole rings is 1. The number of hydrogen-bond acceptors (Lipinski definition) is 7. The Bertz CT molecular complexity index is 1280. The average Bonchev–Trinajstić information content (AvgIpc) is 3.38. The minimum Gasteiger partial charge on any atom is -0.477 e. The molecule has 0 unspecified atom stereocenters. The van der Waals surface area contributed by atoms with Crippen LogP contribution in [0.5, 0.6) is 0 Å². The van der Waals surface area contributed by atoms with Gasteiger partial charge < -0.3 is 14.8 Å². The van der Waals surface area contributed by atoms with Gasteiger partial charge in [-0.1, -0.05) is 60.3 Å². The summed E-state index contributed by atoms with van der Waals surface area (Å²) in [6, 6.07) is 16.0. The van der Waals surface area contributed by atoms with Crippen LogP contribution in [0.4, 0.5) is 0 Å². The van der Waals surface area contributed by atoms with Gasteiger partial charge in [-0.25, -0.2) is 9.78 Å². The summed E-state index contributed by atoms with van der Waals surface area (Å²) in [4.78, 5) is 44.2. The smallest absolute Gasteiger partial charge is 0.353 e. The molecule has 34 heavy (non-hydrogen) atoms. The molecule has 3 heterocycles. The van der Waals surface area contributed by atoms with Crippen LogP contribution in [-0.4, -0.2) is 49.9 Å². The number of carboxylic acid groups (broad SMARTS) is 1. The number of nitrogens with one attached hydrogen (secondary N) is 1. The number of thioether (sulfide) groups is 2. The average molecular weight is 494 g/mol. The fraction of sp³-hybridized carbons (Fsp3) is 0.167. The van der Waals surface area contributed by atoms with Gasteiger partial charge in [0.1, 0.15) is 17.1 Å². The molecule has 10 heteroatoms. The van der Waals surface area contributed by atoms with E-state index in [1.165, 1.54) is 34.8 Å². The number of β-lactam (4-membered cyclic amide) rings is 1. The van der Waals surface area contributed by atoms with Gasteiger partial charge in [0, 0.05) is 21.1 Å². The van der Waals surface area contributed by atoms with E-state index in [1.807, 2.05) is 54.6 Å². The minimum absolute atomic E-state index is 0.0420. The standard InChI is InChI=1S/C24H19N3O5S2/c28-19(10-14-6-2-1-3-7-14)26-20-22(29)27-21(24(30)31)18(12-33-23(20)27)34-17-9-5-4-8-15(17)16-11-25-13-32-16/h1-9,11,13,20,23H,10,12H2,(H,26,28)(H,30,31)/t20-,23-/m1/s1. The highest BCUT2D eigenvalue weighted by molar-refractivity contribution is 8.06. The SMILES string of the molecule is O=C(Cc1ccccc1)N[C@@H]1C(=O)N2C(C(=O)O)=C(Sc3ccccc3-c3cnco3)CS[C@H]12. The predicted octanol–water partition coefficient (Wildman–Crippen LogP) is 3.37. The van der Waals surface area contributed by atoms with E-state index in [2.05, 4.69) is 10.3 Å². The van der Waals surface area contributed by atoms with Crippen LogP contribution in [0.2, 0.25) is 0 Å². The van der Waals surface area contributed by atoms with Crippen molar-refractivity contribution < 1.29 is 23.9 Å². The molecule has 0 spiro atoms. The number of carboxylic acids is 1. The van der Waals surface area contributed by atoms with Crippen molar-refractivity contribution in [1.29, 1.82) is 0 Å². The Labute approximate surface area is 203 Å². The summed E-state index contributed by atoms with van der Waals surface area (Å²) in [5, 5.41) is 12.3. The first-order chi connectivity index (χ1) is 16.5. The molecule has 1 aromatic heterocycles. The summed E-state index contributed by atoms with van der Waals surface area (Å²) < 4.78 is 5.42. The van der Waals surface area contributed by atoms with E-state index in [0.29, 0.717) is 16.4 Å². The second kappa shape index (κ2) is 9.40. The van der Waals surface area contributed by atoms with Crippen molar-refractivity contribution in [3.63, 3.8) is 0 Å². The van der Waals surface area contributed by atoms with E-state index < -0.39 is 23.3 Å². The third-order valence-electron chi connectivity index (χ3n) is 5.48. The number of nitrogens with zero attached hydrogens (tertiary/aromatic N) is 2. The third-order valence-corrected chi connectivity index (χ3v) is 8.10. The second-order valence-electron chi connectivity index (χ2n) is 7.66. The lowest BCUT2D eigenvalue weighted by Gasteiger charge is -2.49. The van der Waals surface area contributed by atoms with Crippen molar-refractivity contribution in [3.8, 4) is 11.3 Å². The van der Waals surface area contributed by atoms with Gasteiger partial charge in [0.05, 0.1) is 12.6 Å². The Kier molecular flexibility index (Phi) is 6.16. The molecule has 2 N–H and O–H groups in total. The number of fused-ring (bicyclic) bond motifs is 1. The first-order valence-electron chi connectivity index (χ1n) is 10.4. The zero-order valence-corrected chi connectivity index (χ0v) is 19.3. The van der Waals surface area contributed by atoms with Crippen LogP contribution in [0.25, 0.3) is 11.3 Å². The van der Waals surface area contributed by atoms with E-state index >= 15 is 0 Å². The molecule has 2 aliphatic heterocycles. The number of aromatic nitrogens is 1.